The van der Waals surface area contributed by atoms with Gasteiger partial charge in [-0.05, 0) is 55.0 Å². The highest BCUT2D eigenvalue weighted by molar-refractivity contribution is 6.34. The van der Waals surface area contributed by atoms with Crippen molar-refractivity contribution in [1.82, 2.24) is 19.8 Å². The van der Waals surface area contributed by atoms with Gasteiger partial charge in [-0.25, -0.2) is 4.98 Å². The van der Waals surface area contributed by atoms with E-state index in [9.17, 15) is 0 Å². The minimum Gasteiger partial charge on any atom is -0.490 e. The minimum absolute atomic E-state index is 0.193. The van der Waals surface area contributed by atoms with Crippen molar-refractivity contribution in [1.29, 1.82) is 0 Å². The molecule has 2 heterocycles. The summed E-state index contributed by atoms with van der Waals surface area (Å²) in [4.78, 5) is 4.90. The second-order valence-electron chi connectivity index (χ2n) is 15.2. The van der Waals surface area contributed by atoms with E-state index in [1.807, 2.05) is 48.5 Å². The van der Waals surface area contributed by atoms with E-state index in [-0.39, 0.29) is 5.92 Å². The molecule has 0 aliphatic heterocycles. The largest absolute Gasteiger partial charge is 0.490 e. The predicted octanol–water partition coefficient (Wildman–Crippen LogP) is 13.4. The van der Waals surface area contributed by atoms with Crippen LogP contribution in [0.1, 0.15) is 146 Å². The topological polar surface area (TPSA) is 76.5 Å². The van der Waals surface area contributed by atoms with Gasteiger partial charge in [0, 0.05) is 17.2 Å². The van der Waals surface area contributed by atoms with Crippen LogP contribution in [0.4, 0.5) is 5.69 Å². The number of nitrogens with zero attached hydrogens (tertiary/aromatic N) is 3. The molecule has 2 N–H and O–H groups in total. The number of para-hydroxylation sites is 2. The summed E-state index contributed by atoms with van der Waals surface area (Å²) in [6.07, 6.45) is 25.1. The average Bonchev–Trinajstić information content (AvgIpc) is 3.77. The van der Waals surface area contributed by atoms with E-state index in [2.05, 4.69) is 47.7 Å². The van der Waals surface area contributed by atoms with Gasteiger partial charge in [0.2, 0.25) is 0 Å². The Morgan fingerprint density at radius 1 is 0.741 bits per heavy atom. The van der Waals surface area contributed by atoms with Crippen LogP contribution in [0, 0.1) is 5.92 Å². The van der Waals surface area contributed by atoms with Crippen molar-refractivity contribution in [2.24, 2.45) is 5.92 Å². The number of hydrogen-bond donors (Lipinski definition) is 2. The summed E-state index contributed by atoms with van der Waals surface area (Å²) < 4.78 is 14.0. The molecule has 0 amide bonds. The number of anilines is 1. The molecule has 0 saturated heterocycles. The van der Waals surface area contributed by atoms with E-state index in [0.29, 0.717) is 35.7 Å². The Morgan fingerprint density at radius 2 is 1.37 bits per heavy atom. The zero-order valence-electron chi connectivity index (χ0n) is 32.5. The van der Waals surface area contributed by atoms with Crippen LogP contribution in [0.3, 0.4) is 0 Å². The molecule has 1 fully saturated rings. The fourth-order valence-corrected chi connectivity index (χ4v) is 8.36. The van der Waals surface area contributed by atoms with Crippen LogP contribution < -0.4 is 14.8 Å². The van der Waals surface area contributed by atoms with Gasteiger partial charge in [0.25, 0.3) is 0 Å². The van der Waals surface area contributed by atoms with Gasteiger partial charge in [-0.15, -0.1) is 5.10 Å². The highest BCUT2D eigenvalue weighted by atomic mass is 35.5. The van der Waals surface area contributed by atoms with Gasteiger partial charge in [0.05, 0.1) is 12.3 Å². The zero-order chi connectivity index (χ0) is 37.2. The lowest BCUT2D eigenvalue weighted by Gasteiger charge is -2.30. The normalized spacial score (nSPS) is 14.0. The molecule has 7 nitrogen and oxygen atoms in total. The molecule has 2 aromatic heterocycles. The van der Waals surface area contributed by atoms with E-state index in [1.54, 1.807) is 4.63 Å². The quantitative estimate of drug-likeness (QED) is 0.0485. The molecule has 5 aromatic rings. The third kappa shape index (κ3) is 11.5. The molecule has 1 unspecified atom stereocenters. The van der Waals surface area contributed by atoms with Gasteiger partial charge >= 0.3 is 0 Å². The summed E-state index contributed by atoms with van der Waals surface area (Å²) in [5.41, 5.74) is 4.77. The van der Waals surface area contributed by atoms with E-state index in [1.165, 1.54) is 121 Å². The number of aromatic amines is 1. The number of rotatable bonds is 24. The zero-order valence-corrected chi connectivity index (χ0v) is 33.3. The Balaban J connectivity index is 0.944. The molecule has 0 bridgehead atoms. The van der Waals surface area contributed by atoms with Crippen molar-refractivity contribution in [2.45, 2.75) is 135 Å². The van der Waals surface area contributed by atoms with Crippen molar-refractivity contribution >= 4 is 22.9 Å². The summed E-state index contributed by atoms with van der Waals surface area (Å²) in [7, 11) is 0. The Bertz CT molecular complexity index is 1800. The summed E-state index contributed by atoms with van der Waals surface area (Å²) >= 11 is 7.10. The van der Waals surface area contributed by atoms with Gasteiger partial charge in [-0.1, -0.05) is 176 Å². The lowest BCUT2D eigenvalue weighted by atomic mass is 9.75. The van der Waals surface area contributed by atoms with Crippen LogP contribution in [-0.4, -0.2) is 33.1 Å². The first-order valence-corrected chi connectivity index (χ1v) is 21.5. The van der Waals surface area contributed by atoms with Gasteiger partial charge < -0.3 is 14.8 Å². The summed E-state index contributed by atoms with van der Waals surface area (Å²) in [6.45, 7) is 3.30. The van der Waals surface area contributed by atoms with Crippen molar-refractivity contribution in [3.63, 3.8) is 0 Å². The molecule has 3 aromatic carbocycles. The molecule has 1 aliphatic carbocycles. The van der Waals surface area contributed by atoms with Crippen LogP contribution in [0.2, 0.25) is 5.02 Å². The molecule has 54 heavy (non-hydrogen) atoms. The van der Waals surface area contributed by atoms with E-state index in [4.69, 9.17) is 31.2 Å². The predicted molar refractivity (Wildman–Crippen MR) is 224 cm³/mol. The lowest BCUT2D eigenvalue weighted by Crippen LogP contribution is -2.18. The van der Waals surface area contributed by atoms with E-state index >= 15 is 0 Å². The number of aromatic nitrogens is 4. The number of unbranched alkanes of at least 4 members (excludes halogenated alkanes) is 13. The third-order valence-corrected chi connectivity index (χ3v) is 11.5. The number of halogens is 1. The number of nitrogens with one attached hydrogen (secondary N) is 2. The van der Waals surface area contributed by atoms with Crippen LogP contribution in [0.5, 0.6) is 11.5 Å². The monoisotopic (exact) mass is 751 g/mol. The standard InChI is InChI=1S/C46H62ClN5O2/c1-2-3-4-5-6-7-8-9-10-11-12-13-14-23-33-53-40-31-21-22-32-41(40)54-35-48-39-30-24-29-38(34-39)45-49-46-43(47)44(50-52(46)51-45)42(36-25-17-15-18-26-36)37-27-19-16-20-28-37/h15,17-18,21-22,24-26,29-32,34,37,42,48,50H,2-14,16,19-20,23,27-28,33,35H2,1H3. The number of fused-ring (bicyclic) bond motifs is 1. The number of ether oxygens (including phenoxy) is 2. The van der Waals surface area contributed by atoms with Crippen molar-refractivity contribution in [3.8, 4) is 22.9 Å². The van der Waals surface area contributed by atoms with Gasteiger partial charge in [0.1, 0.15) is 5.02 Å². The highest BCUT2D eigenvalue weighted by Gasteiger charge is 2.31. The van der Waals surface area contributed by atoms with Crippen LogP contribution in [-0.2, 0) is 0 Å². The summed E-state index contributed by atoms with van der Waals surface area (Å²) in [5, 5.41) is 12.4. The van der Waals surface area contributed by atoms with Crippen molar-refractivity contribution < 1.29 is 9.47 Å². The first-order valence-electron chi connectivity index (χ1n) is 21.1. The molecule has 290 valence electrons. The van der Waals surface area contributed by atoms with Crippen molar-refractivity contribution in [3.05, 3.63) is 95.1 Å². The number of benzene rings is 3. The lowest BCUT2D eigenvalue weighted by molar-refractivity contribution is 0.272. The van der Waals surface area contributed by atoms with Gasteiger partial charge in [0.15, 0.2) is 29.7 Å². The molecule has 8 heteroatoms. The van der Waals surface area contributed by atoms with Crippen LogP contribution >= 0.6 is 11.6 Å². The second-order valence-corrected chi connectivity index (χ2v) is 15.6. The molecule has 0 spiro atoms. The van der Waals surface area contributed by atoms with Gasteiger partial charge in [-0.3, -0.25) is 5.10 Å². The first-order chi connectivity index (χ1) is 26.7. The fourth-order valence-electron chi connectivity index (χ4n) is 8.08. The number of hydrogen-bond acceptors (Lipinski definition) is 5. The molecule has 1 aliphatic rings. The molecular formula is C46H62ClN5O2. The molecule has 1 saturated carbocycles. The van der Waals surface area contributed by atoms with Crippen molar-refractivity contribution in [2.75, 3.05) is 18.7 Å². The van der Waals surface area contributed by atoms with Crippen LogP contribution in [0.25, 0.3) is 17.0 Å². The average molecular weight is 752 g/mol. The maximum absolute atomic E-state index is 7.10. The third-order valence-electron chi connectivity index (χ3n) is 11.1. The Morgan fingerprint density at radius 3 is 2.04 bits per heavy atom. The maximum atomic E-state index is 7.10. The smallest absolute Gasteiger partial charge is 0.194 e. The molecular weight excluding hydrogens is 690 g/mol. The summed E-state index contributed by atoms with van der Waals surface area (Å²) in [5.74, 6) is 2.88. The number of H-pyrrole nitrogens is 1. The Kier molecular flexibility index (Phi) is 16.0. The van der Waals surface area contributed by atoms with Gasteiger partial charge in [-0.2, -0.15) is 4.63 Å². The van der Waals surface area contributed by atoms with E-state index in [0.717, 1.165) is 34.9 Å². The fraction of sp³-hybridized carbons (Fsp3) is 0.522. The van der Waals surface area contributed by atoms with E-state index < -0.39 is 0 Å². The minimum atomic E-state index is 0.193. The molecule has 0 radical (unpaired) electrons. The maximum Gasteiger partial charge on any atom is 0.194 e. The molecule has 1 atom stereocenters. The second kappa shape index (κ2) is 21.8. The SMILES string of the molecule is CCCCCCCCCCCCCCCCOc1ccccc1OCNc1cccc(-c2nc3c(Cl)c(C(c4ccccc4)C4CCCCC4)[nH]n3n2)c1. The first kappa shape index (κ1) is 39.7. The highest BCUT2D eigenvalue weighted by Crippen LogP contribution is 2.43. The Labute approximate surface area is 328 Å². The molecule has 6 rings (SSSR count). The summed E-state index contributed by atoms with van der Waals surface area (Å²) in [6, 6.07) is 26.7. The van der Waals surface area contributed by atoms with Crippen LogP contribution in [0.15, 0.2) is 78.9 Å². The Hall–Kier alpha value is -3.97.